The van der Waals surface area contributed by atoms with Crippen molar-refractivity contribution in [2.75, 3.05) is 13.2 Å². The van der Waals surface area contributed by atoms with Gasteiger partial charge in [0.1, 0.15) is 0 Å². The molecule has 2 N–H and O–H groups in total. The van der Waals surface area contributed by atoms with Gasteiger partial charge in [-0.3, -0.25) is 0 Å². The second-order valence-electron chi connectivity index (χ2n) is 2.03. The highest BCUT2D eigenvalue weighted by Gasteiger charge is 1.94. The van der Waals surface area contributed by atoms with Crippen LogP contribution in [0.5, 0.6) is 0 Å². The average Bonchev–Trinajstić information content (AvgIpc) is 2.87. The average molecular weight is 202 g/mol. The Balaban J connectivity index is 0.000000469. The second-order valence-corrected chi connectivity index (χ2v) is 2.03. The Morgan fingerprint density at radius 2 is 1.43 bits per heavy atom. The molecule has 6 heteroatoms. The number of epoxide rings is 1. The molecule has 1 rings (SSSR count). The molecule has 0 radical (unpaired) electrons. The standard InChI is InChI=1S/C6H6O5.C2H4O/c7-5(8)1-3-11-4-2-6(9)10;1-2-3-1/h1-4H,(H,7,8)(H,9,10);1-2H2. The molecule has 0 bridgehead atoms. The molecule has 78 valence electrons. The summed E-state index contributed by atoms with van der Waals surface area (Å²) in [5, 5.41) is 16.0. The van der Waals surface area contributed by atoms with Crippen molar-refractivity contribution in [2.24, 2.45) is 0 Å². The first-order chi connectivity index (χ1) is 6.63. The number of carboxylic acid groups (broad SMARTS) is 2. The summed E-state index contributed by atoms with van der Waals surface area (Å²) in [5.41, 5.74) is 0. The first-order valence-corrected chi connectivity index (χ1v) is 3.65. The van der Waals surface area contributed by atoms with E-state index in [0.717, 1.165) is 37.9 Å². The van der Waals surface area contributed by atoms with Gasteiger partial charge in [-0.1, -0.05) is 0 Å². The molecular weight excluding hydrogens is 192 g/mol. The molecule has 0 spiro atoms. The van der Waals surface area contributed by atoms with Crippen LogP contribution in [-0.4, -0.2) is 35.4 Å². The zero-order chi connectivity index (χ0) is 10.8. The highest BCUT2D eigenvalue weighted by atomic mass is 16.6. The van der Waals surface area contributed by atoms with Gasteiger partial charge in [-0.25, -0.2) is 9.59 Å². The molecule has 0 aromatic heterocycles. The smallest absolute Gasteiger partial charge is 0.331 e. The van der Waals surface area contributed by atoms with Crippen LogP contribution >= 0.6 is 0 Å². The largest absolute Gasteiger partial charge is 0.478 e. The fourth-order valence-corrected chi connectivity index (χ4v) is 0.240. The van der Waals surface area contributed by atoms with Crippen molar-refractivity contribution in [3.63, 3.8) is 0 Å². The molecule has 0 aromatic carbocycles. The third kappa shape index (κ3) is 16.6. The molecule has 1 heterocycles. The minimum absolute atomic E-state index is 0.742. The zero-order valence-electron chi connectivity index (χ0n) is 7.25. The summed E-state index contributed by atoms with van der Waals surface area (Å²) in [6, 6.07) is 0. The van der Waals surface area contributed by atoms with Crippen LogP contribution in [0.15, 0.2) is 24.7 Å². The number of aliphatic carboxylic acids is 2. The number of hydrogen-bond acceptors (Lipinski definition) is 4. The Morgan fingerprint density at radius 3 is 1.64 bits per heavy atom. The summed E-state index contributed by atoms with van der Waals surface area (Å²) in [7, 11) is 0. The van der Waals surface area contributed by atoms with Gasteiger partial charge in [-0.05, 0) is 0 Å². The van der Waals surface area contributed by atoms with Crippen LogP contribution in [0.25, 0.3) is 0 Å². The number of ether oxygens (including phenoxy) is 2. The Labute approximate surface area is 80.1 Å². The highest BCUT2D eigenvalue weighted by Crippen LogP contribution is 1.84. The molecule has 0 amide bonds. The van der Waals surface area contributed by atoms with E-state index in [4.69, 9.17) is 10.2 Å². The van der Waals surface area contributed by atoms with Crippen molar-refractivity contribution < 1.29 is 29.3 Å². The third-order valence-corrected chi connectivity index (χ3v) is 0.782. The Morgan fingerprint density at radius 1 is 1.07 bits per heavy atom. The minimum Gasteiger partial charge on any atom is -0.478 e. The van der Waals surface area contributed by atoms with Gasteiger partial charge in [0.25, 0.3) is 0 Å². The van der Waals surface area contributed by atoms with E-state index in [9.17, 15) is 9.59 Å². The van der Waals surface area contributed by atoms with E-state index < -0.39 is 11.9 Å². The molecule has 0 aliphatic carbocycles. The summed E-state index contributed by atoms with van der Waals surface area (Å²) in [6.45, 7) is 2.00. The van der Waals surface area contributed by atoms with Crippen LogP contribution in [-0.2, 0) is 19.1 Å². The first-order valence-electron chi connectivity index (χ1n) is 3.65. The Kier molecular flexibility index (Phi) is 6.79. The van der Waals surface area contributed by atoms with E-state index in [1.165, 1.54) is 0 Å². The predicted octanol–water partition coefficient (Wildman–Crippen LogP) is 0.216. The Hall–Kier alpha value is -1.82. The van der Waals surface area contributed by atoms with Crippen LogP contribution in [0.3, 0.4) is 0 Å². The number of hydrogen-bond donors (Lipinski definition) is 2. The van der Waals surface area contributed by atoms with Crippen molar-refractivity contribution in [2.45, 2.75) is 0 Å². The van der Waals surface area contributed by atoms with Gasteiger partial charge in [-0.2, -0.15) is 0 Å². The number of rotatable bonds is 4. The van der Waals surface area contributed by atoms with Crippen molar-refractivity contribution in [1.29, 1.82) is 0 Å². The van der Waals surface area contributed by atoms with Crippen LogP contribution in [0.4, 0.5) is 0 Å². The molecule has 0 aromatic rings. The fraction of sp³-hybridized carbons (Fsp3) is 0.250. The van der Waals surface area contributed by atoms with E-state index >= 15 is 0 Å². The lowest BCUT2D eigenvalue weighted by molar-refractivity contribution is -0.132. The maximum atomic E-state index is 9.79. The van der Waals surface area contributed by atoms with Crippen LogP contribution in [0.1, 0.15) is 0 Å². The van der Waals surface area contributed by atoms with Crippen molar-refractivity contribution >= 4 is 11.9 Å². The highest BCUT2D eigenvalue weighted by molar-refractivity contribution is 5.80. The maximum absolute atomic E-state index is 9.79. The summed E-state index contributed by atoms with van der Waals surface area (Å²) in [5.74, 6) is -2.32. The van der Waals surface area contributed by atoms with Crippen LogP contribution in [0.2, 0.25) is 0 Å². The van der Waals surface area contributed by atoms with Crippen LogP contribution in [0, 0.1) is 0 Å². The number of carbonyl (C=O) groups is 2. The van der Waals surface area contributed by atoms with Gasteiger partial charge >= 0.3 is 11.9 Å². The molecule has 0 unspecified atom stereocenters. The fourth-order valence-electron chi connectivity index (χ4n) is 0.240. The van der Waals surface area contributed by atoms with Crippen molar-refractivity contribution in [1.82, 2.24) is 0 Å². The van der Waals surface area contributed by atoms with Crippen molar-refractivity contribution in [3.05, 3.63) is 24.7 Å². The lowest BCUT2D eigenvalue weighted by Crippen LogP contribution is -1.87. The topological polar surface area (TPSA) is 96.4 Å². The molecule has 0 atom stereocenters. The lowest BCUT2D eigenvalue weighted by Gasteiger charge is -1.85. The van der Waals surface area contributed by atoms with Gasteiger partial charge in [0.15, 0.2) is 0 Å². The summed E-state index contributed by atoms with van der Waals surface area (Å²) in [6.07, 6.45) is 3.21. The molecular formula is C8H10O6. The predicted molar refractivity (Wildman–Crippen MR) is 45.5 cm³/mol. The van der Waals surface area contributed by atoms with Crippen molar-refractivity contribution in [3.8, 4) is 0 Å². The van der Waals surface area contributed by atoms with E-state index in [1.54, 1.807) is 0 Å². The van der Waals surface area contributed by atoms with E-state index in [2.05, 4.69) is 9.47 Å². The van der Waals surface area contributed by atoms with E-state index in [0.29, 0.717) is 0 Å². The van der Waals surface area contributed by atoms with Gasteiger partial charge in [0, 0.05) is 0 Å². The summed E-state index contributed by atoms with van der Waals surface area (Å²) < 4.78 is 8.83. The quantitative estimate of drug-likeness (QED) is 0.384. The van der Waals surface area contributed by atoms with Gasteiger partial charge in [-0.15, -0.1) is 0 Å². The molecule has 6 nitrogen and oxygen atoms in total. The molecule has 1 fully saturated rings. The molecule has 1 saturated heterocycles. The van der Waals surface area contributed by atoms with Gasteiger partial charge in [0.05, 0.1) is 37.9 Å². The first kappa shape index (κ1) is 12.2. The van der Waals surface area contributed by atoms with Gasteiger partial charge in [0.2, 0.25) is 0 Å². The second kappa shape index (κ2) is 7.81. The monoisotopic (exact) mass is 202 g/mol. The lowest BCUT2D eigenvalue weighted by atomic mass is 10.6. The third-order valence-electron chi connectivity index (χ3n) is 0.782. The summed E-state index contributed by atoms with van der Waals surface area (Å²) in [4.78, 5) is 19.6. The van der Waals surface area contributed by atoms with Crippen LogP contribution < -0.4 is 0 Å². The van der Waals surface area contributed by atoms with E-state index in [1.807, 2.05) is 0 Å². The number of carboxylic acids is 2. The molecule has 1 aliphatic heterocycles. The minimum atomic E-state index is -1.16. The molecule has 1 aliphatic rings. The molecule has 14 heavy (non-hydrogen) atoms. The van der Waals surface area contributed by atoms with E-state index in [-0.39, 0.29) is 0 Å². The zero-order valence-corrected chi connectivity index (χ0v) is 7.25. The maximum Gasteiger partial charge on any atom is 0.331 e. The Bertz CT molecular complexity index is 215. The molecule has 0 saturated carbocycles. The SMILES string of the molecule is C1CO1.O=C(O)C=COC=CC(=O)O. The van der Waals surface area contributed by atoms with Gasteiger partial charge < -0.3 is 19.7 Å². The summed E-state index contributed by atoms with van der Waals surface area (Å²) >= 11 is 0. The normalized spacial score (nSPS) is 13.4.